The summed E-state index contributed by atoms with van der Waals surface area (Å²) in [6.07, 6.45) is 3.47. The number of carboxylic acid groups (broad SMARTS) is 1. The Kier molecular flexibility index (Phi) is 2.72. The number of carbonyl (C=O) groups is 1. The fourth-order valence-corrected chi connectivity index (χ4v) is 2.26. The third-order valence-electron chi connectivity index (χ3n) is 2.92. The summed E-state index contributed by atoms with van der Waals surface area (Å²) in [5.74, 6) is -1.00. The van der Waals surface area contributed by atoms with E-state index in [1.807, 2.05) is 22.6 Å². The highest BCUT2D eigenvalue weighted by Gasteiger charge is 2.14. The van der Waals surface area contributed by atoms with Gasteiger partial charge in [0.05, 0.1) is 11.3 Å². The number of fused-ring (bicyclic) bond motifs is 1. The summed E-state index contributed by atoms with van der Waals surface area (Å²) in [4.78, 5) is 15.5. The van der Waals surface area contributed by atoms with Gasteiger partial charge in [0.25, 0.3) is 0 Å². The number of nitrogens with zero attached hydrogens (tertiary/aromatic N) is 2. The van der Waals surface area contributed by atoms with Gasteiger partial charge in [-0.2, -0.15) is 0 Å². The number of imidazole rings is 1. The van der Waals surface area contributed by atoms with E-state index in [9.17, 15) is 9.90 Å². The minimum atomic E-state index is -1.00. The smallest absolute Gasteiger partial charge is 0.336 e. The van der Waals surface area contributed by atoms with E-state index in [2.05, 4.69) is 4.98 Å². The predicted octanol–water partition coefficient (Wildman–Crippen LogP) is 3.35. The molecule has 0 atom stereocenters. The molecule has 0 aliphatic carbocycles. The standard InChI is InChI=1S/C14H9ClN2O2/c15-9-4-5-10(11(8-9)14(18)19)12-2-1-3-13-16-6-7-17(12)13/h1-8H,(H,18,19). The zero-order chi connectivity index (χ0) is 13.4. The molecule has 3 rings (SSSR count). The van der Waals surface area contributed by atoms with Gasteiger partial charge in [0.15, 0.2) is 0 Å². The zero-order valence-corrected chi connectivity index (χ0v) is 10.5. The molecule has 3 aromatic rings. The third-order valence-corrected chi connectivity index (χ3v) is 3.15. The van der Waals surface area contributed by atoms with Crippen LogP contribution in [0.2, 0.25) is 5.02 Å². The molecule has 0 spiro atoms. The van der Waals surface area contributed by atoms with E-state index in [0.717, 1.165) is 11.3 Å². The molecule has 0 amide bonds. The SMILES string of the molecule is O=C(O)c1cc(Cl)ccc1-c1cccc2nccn12. The predicted molar refractivity (Wildman–Crippen MR) is 72.6 cm³/mol. The summed E-state index contributed by atoms with van der Waals surface area (Å²) in [5, 5.41) is 9.69. The number of rotatable bonds is 2. The van der Waals surface area contributed by atoms with Gasteiger partial charge in [-0.25, -0.2) is 9.78 Å². The van der Waals surface area contributed by atoms with Crippen LogP contribution in [0.15, 0.2) is 48.8 Å². The molecule has 2 aromatic heterocycles. The van der Waals surface area contributed by atoms with E-state index in [0.29, 0.717) is 10.6 Å². The van der Waals surface area contributed by atoms with Crippen LogP contribution in [0.1, 0.15) is 10.4 Å². The second-order valence-corrected chi connectivity index (χ2v) is 4.50. The minimum Gasteiger partial charge on any atom is -0.478 e. The van der Waals surface area contributed by atoms with Crippen molar-refractivity contribution in [3.05, 3.63) is 59.4 Å². The highest BCUT2D eigenvalue weighted by Crippen LogP contribution is 2.27. The largest absolute Gasteiger partial charge is 0.478 e. The molecule has 0 bridgehead atoms. The Labute approximate surface area is 113 Å². The number of aromatic nitrogens is 2. The first-order valence-electron chi connectivity index (χ1n) is 5.62. The van der Waals surface area contributed by atoms with Crippen molar-refractivity contribution in [1.82, 2.24) is 9.38 Å². The zero-order valence-electron chi connectivity index (χ0n) is 9.75. The fourth-order valence-electron chi connectivity index (χ4n) is 2.08. The molecule has 0 aliphatic rings. The average molecular weight is 273 g/mol. The first-order chi connectivity index (χ1) is 9.16. The molecular formula is C14H9ClN2O2. The highest BCUT2D eigenvalue weighted by atomic mass is 35.5. The van der Waals surface area contributed by atoms with Crippen molar-refractivity contribution >= 4 is 23.2 Å². The summed E-state index contributed by atoms with van der Waals surface area (Å²) in [5.41, 5.74) is 2.32. The van der Waals surface area contributed by atoms with Gasteiger partial charge < -0.3 is 5.11 Å². The van der Waals surface area contributed by atoms with E-state index < -0.39 is 5.97 Å². The number of hydrogen-bond acceptors (Lipinski definition) is 2. The molecule has 2 heterocycles. The lowest BCUT2D eigenvalue weighted by molar-refractivity contribution is 0.0697. The highest BCUT2D eigenvalue weighted by molar-refractivity contribution is 6.31. The quantitative estimate of drug-likeness (QED) is 0.778. The molecule has 1 aromatic carbocycles. The fraction of sp³-hybridized carbons (Fsp3) is 0. The van der Waals surface area contributed by atoms with Crippen molar-refractivity contribution in [2.45, 2.75) is 0 Å². The molecule has 0 saturated heterocycles. The summed E-state index contributed by atoms with van der Waals surface area (Å²) in [7, 11) is 0. The molecule has 0 aliphatic heterocycles. The molecular weight excluding hydrogens is 264 g/mol. The monoisotopic (exact) mass is 272 g/mol. The maximum Gasteiger partial charge on any atom is 0.336 e. The van der Waals surface area contributed by atoms with Crippen molar-refractivity contribution in [1.29, 1.82) is 0 Å². The Hall–Kier alpha value is -2.33. The second-order valence-electron chi connectivity index (χ2n) is 4.06. The molecule has 5 heteroatoms. The third kappa shape index (κ3) is 1.96. The Balaban J connectivity index is 2.33. The number of carboxylic acids is 1. The maximum absolute atomic E-state index is 11.3. The Bertz CT molecular complexity index is 780. The topological polar surface area (TPSA) is 54.6 Å². The van der Waals surface area contributed by atoms with E-state index >= 15 is 0 Å². The van der Waals surface area contributed by atoms with Crippen LogP contribution >= 0.6 is 11.6 Å². The molecule has 0 saturated carbocycles. The van der Waals surface area contributed by atoms with Crippen molar-refractivity contribution in [2.75, 3.05) is 0 Å². The first-order valence-corrected chi connectivity index (χ1v) is 6.00. The number of halogens is 1. The van der Waals surface area contributed by atoms with E-state index in [1.165, 1.54) is 6.07 Å². The Morgan fingerprint density at radius 2 is 2.11 bits per heavy atom. The van der Waals surface area contributed by atoms with Crippen LogP contribution in [0.25, 0.3) is 16.9 Å². The lowest BCUT2D eigenvalue weighted by Gasteiger charge is -2.09. The molecule has 0 radical (unpaired) electrons. The van der Waals surface area contributed by atoms with Gasteiger partial charge in [0.2, 0.25) is 0 Å². The molecule has 0 fully saturated rings. The van der Waals surface area contributed by atoms with Crippen LogP contribution in [0.3, 0.4) is 0 Å². The van der Waals surface area contributed by atoms with Crippen LogP contribution in [0, 0.1) is 0 Å². The second kappa shape index (κ2) is 4.40. The maximum atomic E-state index is 11.3. The van der Waals surface area contributed by atoms with Crippen molar-refractivity contribution in [2.24, 2.45) is 0 Å². The Morgan fingerprint density at radius 3 is 2.89 bits per heavy atom. The van der Waals surface area contributed by atoms with Crippen LogP contribution in [0.5, 0.6) is 0 Å². The van der Waals surface area contributed by atoms with Gasteiger partial charge in [-0.1, -0.05) is 23.7 Å². The van der Waals surface area contributed by atoms with Crippen LogP contribution in [-0.2, 0) is 0 Å². The summed E-state index contributed by atoms with van der Waals surface area (Å²) in [6.45, 7) is 0. The van der Waals surface area contributed by atoms with Crippen LogP contribution < -0.4 is 0 Å². The van der Waals surface area contributed by atoms with Gasteiger partial charge in [0, 0.05) is 23.0 Å². The van der Waals surface area contributed by atoms with E-state index in [4.69, 9.17) is 11.6 Å². The van der Waals surface area contributed by atoms with E-state index in [1.54, 1.807) is 24.5 Å². The first kappa shape index (κ1) is 11.7. The number of benzene rings is 1. The van der Waals surface area contributed by atoms with Gasteiger partial charge in [-0.15, -0.1) is 0 Å². The Morgan fingerprint density at radius 1 is 1.26 bits per heavy atom. The number of hydrogen-bond donors (Lipinski definition) is 1. The molecule has 1 N–H and O–H groups in total. The minimum absolute atomic E-state index is 0.175. The van der Waals surface area contributed by atoms with Crippen molar-refractivity contribution in [3.63, 3.8) is 0 Å². The van der Waals surface area contributed by atoms with E-state index in [-0.39, 0.29) is 5.56 Å². The van der Waals surface area contributed by atoms with Crippen molar-refractivity contribution in [3.8, 4) is 11.3 Å². The average Bonchev–Trinajstić information content (AvgIpc) is 2.86. The van der Waals surface area contributed by atoms with Gasteiger partial charge >= 0.3 is 5.97 Å². The summed E-state index contributed by atoms with van der Waals surface area (Å²) in [6, 6.07) is 10.4. The van der Waals surface area contributed by atoms with Crippen LogP contribution in [-0.4, -0.2) is 20.5 Å². The molecule has 19 heavy (non-hydrogen) atoms. The summed E-state index contributed by atoms with van der Waals surface area (Å²) >= 11 is 5.86. The number of pyridine rings is 1. The van der Waals surface area contributed by atoms with Gasteiger partial charge in [-0.3, -0.25) is 4.40 Å². The lowest BCUT2D eigenvalue weighted by atomic mass is 10.0. The molecule has 4 nitrogen and oxygen atoms in total. The van der Waals surface area contributed by atoms with Gasteiger partial charge in [-0.05, 0) is 24.3 Å². The molecule has 94 valence electrons. The summed E-state index contributed by atoms with van der Waals surface area (Å²) < 4.78 is 1.84. The normalized spacial score (nSPS) is 10.8. The lowest BCUT2D eigenvalue weighted by Crippen LogP contribution is -2.01. The van der Waals surface area contributed by atoms with Crippen LogP contribution in [0.4, 0.5) is 0 Å². The number of aromatic carboxylic acids is 1. The molecule has 0 unspecified atom stereocenters. The van der Waals surface area contributed by atoms with Crippen molar-refractivity contribution < 1.29 is 9.90 Å². The van der Waals surface area contributed by atoms with Gasteiger partial charge in [0.1, 0.15) is 5.65 Å².